The molecule has 2 aliphatic rings. The number of rotatable bonds is 9. The Morgan fingerprint density at radius 2 is 1.84 bits per heavy atom. The summed E-state index contributed by atoms with van der Waals surface area (Å²) in [7, 11) is 0. The van der Waals surface area contributed by atoms with Gasteiger partial charge in [0.05, 0.1) is 19.8 Å². The van der Waals surface area contributed by atoms with E-state index in [9.17, 15) is 5.11 Å². The van der Waals surface area contributed by atoms with Gasteiger partial charge in [0.25, 0.3) is 0 Å². The van der Waals surface area contributed by atoms with E-state index in [1.807, 2.05) is 18.2 Å². The van der Waals surface area contributed by atoms with Gasteiger partial charge < -0.3 is 20.5 Å². The van der Waals surface area contributed by atoms with Crippen LogP contribution in [-0.2, 0) is 4.74 Å². The predicted molar refractivity (Wildman–Crippen MR) is 138 cm³/mol. The second kappa shape index (κ2) is 14.3. The topological polar surface area (TPSA) is 69.1 Å². The molecule has 1 saturated carbocycles. The third kappa shape index (κ3) is 8.51. The van der Waals surface area contributed by atoms with E-state index in [1.165, 1.54) is 32.1 Å². The second-order valence-corrected chi connectivity index (χ2v) is 8.82. The molecule has 3 N–H and O–H groups in total. The number of halogens is 1. The van der Waals surface area contributed by atoms with E-state index < -0.39 is 0 Å². The fraction of sp³-hybridized carbons (Fsp3) is 0.708. The van der Waals surface area contributed by atoms with Crippen LogP contribution in [0.4, 0.5) is 0 Å². The van der Waals surface area contributed by atoms with E-state index in [1.54, 1.807) is 0 Å². The Balaban J connectivity index is 0.00000341. The molecular weight excluding hydrogens is 503 g/mol. The average Bonchev–Trinajstić information content (AvgIpc) is 2.80. The van der Waals surface area contributed by atoms with Crippen molar-refractivity contribution in [1.82, 2.24) is 15.5 Å². The van der Waals surface area contributed by atoms with Gasteiger partial charge in [-0.3, -0.25) is 9.89 Å². The Labute approximate surface area is 205 Å². The predicted octanol–water partition coefficient (Wildman–Crippen LogP) is 3.22. The van der Waals surface area contributed by atoms with Crippen LogP contribution in [0.5, 0.6) is 0 Å². The average molecular weight is 545 g/mol. The minimum Gasteiger partial charge on any atom is -0.396 e. The van der Waals surface area contributed by atoms with Crippen molar-refractivity contribution in [3.05, 3.63) is 35.9 Å². The van der Waals surface area contributed by atoms with Crippen molar-refractivity contribution < 1.29 is 9.84 Å². The summed E-state index contributed by atoms with van der Waals surface area (Å²) in [5.41, 5.74) is 1.42. The summed E-state index contributed by atoms with van der Waals surface area (Å²) >= 11 is 0. The lowest BCUT2D eigenvalue weighted by molar-refractivity contribution is 0.00937. The van der Waals surface area contributed by atoms with Crippen LogP contribution in [0.1, 0.15) is 50.5 Å². The number of nitrogens with zero attached hydrogens (tertiary/aromatic N) is 2. The van der Waals surface area contributed by atoms with Gasteiger partial charge in [0.1, 0.15) is 0 Å². The molecule has 1 aromatic carbocycles. The summed E-state index contributed by atoms with van der Waals surface area (Å²) in [6.07, 6.45) is 6.49. The van der Waals surface area contributed by atoms with E-state index in [0.29, 0.717) is 6.54 Å². The van der Waals surface area contributed by atoms with Crippen LogP contribution in [0, 0.1) is 5.41 Å². The molecule has 1 aromatic rings. The first-order valence-electron chi connectivity index (χ1n) is 11.7. The quantitative estimate of drug-likeness (QED) is 0.253. The number of morpholine rings is 1. The van der Waals surface area contributed by atoms with Gasteiger partial charge >= 0.3 is 0 Å². The highest BCUT2D eigenvalue weighted by Crippen LogP contribution is 2.37. The second-order valence-electron chi connectivity index (χ2n) is 8.82. The summed E-state index contributed by atoms with van der Waals surface area (Å²) < 4.78 is 5.54. The number of benzene rings is 1. The molecule has 0 spiro atoms. The lowest BCUT2D eigenvalue weighted by atomic mass is 9.73. The van der Waals surface area contributed by atoms with Gasteiger partial charge in [-0.2, -0.15) is 0 Å². The van der Waals surface area contributed by atoms with Crippen molar-refractivity contribution in [2.45, 2.75) is 44.9 Å². The monoisotopic (exact) mass is 544 g/mol. The molecule has 0 amide bonds. The van der Waals surface area contributed by atoms with Crippen molar-refractivity contribution in [1.29, 1.82) is 0 Å². The van der Waals surface area contributed by atoms with Crippen LogP contribution in [0.25, 0.3) is 0 Å². The SMILES string of the molecule is CCNC(=NCC1(CN2CCOCC2)CCCCC1)NCC(CO)c1ccccc1.I. The van der Waals surface area contributed by atoms with Crippen LogP contribution in [0.2, 0.25) is 0 Å². The summed E-state index contributed by atoms with van der Waals surface area (Å²) in [6, 6.07) is 10.2. The Morgan fingerprint density at radius 1 is 1.13 bits per heavy atom. The highest BCUT2D eigenvalue weighted by Gasteiger charge is 2.34. The number of aliphatic hydroxyl groups is 1. The number of ether oxygens (including phenoxy) is 1. The molecule has 0 radical (unpaired) electrons. The van der Waals surface area contributed by atoms with Gasteiger partial charge in [-0.05, 0) is 25.3 Å². The van der Waals surface area contributed by atoms with Gasteiger partial charge in [-0.1, -0.05) is 49.6 Å². The molecule has 7 heteroatoms. The first-order chi connectivity index (χ1) is 14.7. The first-order valence-corrected chi connectivity index (χ1v) is 11.7. The maximum absolute atomic E-state index is 9.86. The Morgan fingerprint density at radius 3 is 2.48 bits per heavy atom. The molecule has 0 bridgehead atoms. The van der Waals surface area contributed by atoms with Gasteiger partial charge in [-0.15, -0.1) is 24.0 Å². The van der Waals surface area contributed by atoms with Crippen LogP contribution < -0.4 is 10.6 Å². The molecule has 31 heavy (non-hydrogen) atoms. The summed E-state index contributed by atoms with van der Waals surface area (Å²) in [4.78, 5) is 7.60. The number of aliphatic imine (C=N–C) groups is 1. The summed E-state index contributed by atoms with van der Waals surface area (Å²) in [5, 5.41) is 16.7. The Hall–Kier alpha value is -0.900. The third-order valence-electron chi connectivity index (χ3n) is 6.50. The molecule has 3 rings (SSSR count). The number of nitrogens with one attached hydrogen (secondary N) is 2. The van der Waals surface area contributed by atoms with Crippen molar-refractivity contribution in [2.75, 3.05) is 59.1 Å². The molecule has 176 valence electrons. The van der Waals surface area contributed by atoms with Gasteiger partial charge in [0.15, 0.2) is 5.96 Å². The molecule has 1 atom stereocenters. The summed E-state index contributed by atoms with van der Waals surface area (Å²) in [6.45, 7) is 9.49. The van der Waals surface area contributed by atoms with Crippen molar-refractivity contribution in [3.8, 4) is 0 Å². The molecular formula is C24H41IN4O2. The fourth-order valence-electron chi connectivity index (χ4n) is 4.72. The molecule has 1 aliphatic heterocycles. The van der Waals surface area contributed by atoms with Gasteiger partial charge in [-0.25, -0.2) is 0 Å². The molecule has 1 unspecified atom stereocenters. The highest BCUT2D eigenvalue weighted by atomic mass is 127. The Bertz CT molecular complexity index is 632. The first kappa shape index (κ1) is 26.4. The van der Waals surface area contributed by atoms with E-state index in [0.717, 1.165) is 57.5 Å². The zero-order valence-corrected chi connectivity index (χ0v) is 21.4. The number of guanidine groups is 1. The van der Waals surface area contributed by atoms with Crippen LogP contribution in [0.3, 0.4) is 0 Å². The highest BCUT2D eigenvalue weighted by molar-refractivity contribution is 14.0. The lowest BCUT2D eigenvalue weighted by Crippen LogP contribution is -2.47. The Kier molecular flexibility index (Phi) is 12.1. The maximum atomic E-state index is 9.86. The molecule has 6 nitrogen and oxygen atoms in total. The maximum Gasteiger partial charge on any atom is 0.191 e. The molecule has 2 fully saturated rings. The zero-order chi connectivity index (χ0) is 21.1. The number of hydrogen-bond donors (Lipinski definition) is 3. The van der Waals surface area contributed by atoms with Crippen LogP contribution in [-0.4, -0.2) is 75.1 Å². The molecule has 1 aliphatic carbocycles. The minimum atomic E-state index is 0. The zero-order valence-electron chi connectivity index (χ0n) is 19.0. The van der Waals surface area contributed by atoms with Crippen LogP contribution >= 0.6 is 24.0 Å². The molecule has 0 aromatic heterocycles. The van der Waals surface area contributed by atoms with Gasteiger partial charge in [0.2, 0.25) is 0 Å². The van der Waals surface area contributed by atoms with Gasteiger partial charge in [0, 0.05) is 50.6 Å². The standard InChI is InChI=1S/C24H40N4O2.HI/c1-2-25-23(26-17-22(18-29)21-9-5-3-6-10-21)27-19-24(11-7-4-8-12-24)20-28-13-15-30-16-14-28;/h3,5-6,9-10,22,29H,2,4,7-8,11-20H2,1H3,(H2,25,26,27);1H. The number of hydrogen-bond acceptors (Lipinski definition) is 4. The van der Waals surface area contributed by atoms with E-state index >= 15 is 0 Å². The van der Waals surface area contributed by atoms with Crippen molar-refractivity contribution in [3.63, 3.8) is 0 Å². The smallest absolute Gasteiger partial charge is 0.191 e. The lowest BCUT2D eigenvalue weighted by Gasteiger charge is -2.41. The molecule has 1 saturated heterocycles. The van der Waals surface area contributed by atoms with Crippen molar-refractivity contribution >= 4 is 29.9 Å². The fourth-order valence-corrected chi connectivity index (χ4v) is 4.72. The molecule has 1 heterocycles. The van der Waals surface area contributed by atoms with Crippen molar-refractivity contribution in [2.24, 2.45) is 10.4 Å². The number of aliphatic hydroxyl groups excluding tert-OH is 1. The van der Waals surface area contributed by atoms with Crippen LogP contribution in [0.15, 0.2) is 35.3 Å². The van der Waals surface area contributed by atoms with E-state index in [2.05, 4.69) is 34.6 Å². The summed E-state index contributed by atoms with van der Waals surface area (Å²) in [5.74, 6) is 0.922. The van der Waals surface area contributed by atoms with E-state index in [4.69, 9.17) is 9.73 Å². The third-order valence-corrected chi connectivity index (χ3v) is 6.50. The largest absolute Gasteiger partial charge is 0.396 e. The minimum absolute atomic E-state index is 0. The van der Waals surface area contributed by atoms with E-state index in [-0.39, 0.29) is 41.9 Å². The normalized spacial score (nSPS) is 20.5.